The predicted molar refractivity (Wildman–Crippen MR) is 75.2 cm³/mol. The van der Waals surface area contributed by atoms with E-state index in [0.717, 1.165) is 50.3 Å². The molecule has 2 N–H and O–H groups in total. The Morgan fingerprint density at radius 3 is 2.88 bits per heavy atom. The van der Waals surface area contributed by atoms with Crippen LogP contribution in [0.4, 0.5) is 0 Å². The van der Waals surface area contributed by atoms with Crippen LogP contribution in [0.15, 0.2) is 28.7 Å². The lowest BCUT2D eigenvalue weighted by molar-refractivity contribution is 0.224. The van der Waals surface area contributed by atoms with Gasteiger partial charge >= 0.3 is 0 Å². The van der Waals surface area contributed by atoms with Crippen molar-refractivity contribution in [3.63, 3.8) is 0 Å². The summed E-state index contributed by atoms with van der Waals surface area (Å²) in [6.07, 6.45) is 1.09. The van der Waals surface area contributed by atoms with Crippen molar-refractivity contribution in [2.75, 3.05) is 39.4 Å². The Hall–Kier alpha value is -0.420. The Morgan fingerprint density at radius 1 is 1.29 bits per heavy atom. The van der Waals surface area contributed by atoms with Gasteiger partial charge in [-0.2, -0.15) is 0 Å². The number of rotatable bonds is 5. The molecule has 0 aliphatic carbocycles. The number of benzene rings is 1. The van der Waals surface area contributed by atoms with Crippen LogP contribution in [0, 0.1) is 0 Å². The fourth-order valence-electron chi connectivity index (χ4n) is 2.03. The van der Waals surface area contributed by atoms with Gasteiger partial charge in [0.2, 0.25) is 0 Å². The Kier molecular flexibility index (Phi) is 5.45. The van der Waals surface area contributed by atoms with Crippen molar-refractivity contribution in [1.29, 1.82) is 0 Å². The van der Waals surface area contributed by atoms with E-state index in [1.807, 2.05) is 0 Å². The molecule has 0 saturated carbocycles. The van der Waals surface area contributed by atoms with Crippen molar-refractivity contribution >= 4 is 15.9 Å². The van der Waals surface area contributed by atoms with E-state index >= 15 is 0 Å². The number of halogens is 1. The van der Waals surface area contributed by atoms with Crippen LogP contribution in [0.3, 0.4) is 0 Å². The van der Waals surface area contributed by atoms with Crippen LogP contribution in [0.1, 0.15) is 5.56 Å². The van der Waals surface area contributed by atoms with Gasteiger partial charge in [-0.15, -0.1) is 0 Å². The fraction of sp³-hybridized carbons (Fsp3) is 0.538. The molecule has 1 aliphatic rings. The quantitative estimate of drug-likeness (QED) is 0.806. The van der Waals surface area contributed by atoms with E-state index in [9.17, 15) is 0 Å². The van der Waals surface area contributed by atoms with Gasteiger partial charge in [0.25, 0.3) is 0 Å². The molecule has 1 heterocycles. The summed E-state index contributed by atoms with van der Waals surface area (Å²) >= 11 is 3.50. The lowest BCUT2D eigenvalue weighted by Gasteiger charge is -2.27. The molecule has 0 atom stereocenters. The summed E-state index contributed by atoms with van der Waals surface area (Å²) in [4.78, 5) is 2.46. The van der Waals surface area contributed by atoms with Gasteiger partial charge in [0.1, 0.15) is 0 Å². The first-order chi connectivity index (χ1) is 8.34. The number of nitrogens with one attached hydrogen (secondary N) is 2. The average molecular weight is 298 g/mol. The molecule has 1 fully saturated rings. The summed E-state index contributed by atoms with van der Waals surface area (Å²) < 4.78 is 1.16. The number of piperazine rings is 1. The lowest BCUT2D eigenvalue weighted by Crippen LogP contribution is -2.47. The fourth-order valence-corrected chi connectivity index (χ4v) is 2.48. The third-order valence-electron chi connectivity index (χ3n) is 3.02. The highest BCUT2D eigenvalue weighted by Crippen LogP contribution is 2.11. The molecule has 0 bridgehead atoms. The minimum absolute atomic E-state index is 1.01. The Bertz CT molecular complexity index is 337. The highest BCUT2D eigenvalue weighted by molar-refractivity contribution is 9.10. The van der Waals surface area contributed by atoms with E-state index in [0.29, 0.717) is 0 Å². The minimum atomic E-state index is 1.01. The second-order valence-electron chi connectivity index (χ2n) is 4.41. The normalized spacial score (nSPS) is 17.2. The molecule has 1 aromatic carbocycles. The molecule has 4 heteroatoms. The zero-order valence-corrected chi connectivity index (χ0v) is 11.7. The van der Waals surface area contributed by atoms with Crippen LogP contribution in [0.25, 0.3) is 0 Å². The van der Waals surface area contributed by atoms with Crippen molar-refractivity contribution in [3.8, 4) is 0 Å². The first kappa shape index (κ1) is 13.0. The van der Waals surface area contributed by atoms with Crippen molar-refractivity contribution < 1.29 is 0 Å². The summed E-state index contributed by atoms with van der Waals surface area (Å²) in [6.45, 7) is 6.60. The SMILES string of the molecule is Brc1cccc(CCNCN2CCNCC2)c1. The van der Waals surface area contributed by atoms with Gasteiger partial charge in [-0.05, 0) is 24.1 Å². The van der Waals surface area contributed by atoms with Crippen LogP contribution in [0.5, 0.6) is 0 Å². The van der Waals surface area contributed by atoms with Gasteiger partial charge < -0.3 is 10.6 Å². The number of hydrogen-bond acceptors (Lipinski definition) is 3. The van der Waals surface area contributed by atoms with E-state index in [2.05, 4.69) is 55.7 Å². The molecule has 1 saturated heterocycles. The topological polar surface area (TPSA) is 27.3 Å². The molecule has 0 unspecified atom stereocenters. The molecule has 0 spiro atoms. The van der Waals surface area contributed by atoms with Crippen LogP contribution in [-0.4, -0.2) is 44.3 Å². The highest BCUT2D eigenvalue weighted by atomic mass is 79.9. The predicted octanol–water partition coefficient (Wildman–Crippen LogP) is 1.44. The van der Waals surface area contributed by atoms with Crippen molar-refractivity contribution in [2.45, 2.75) is 6.42 Å². The van der Waals surface area contributed by atoms with Gasteiger partial charge in [-0.1, -0.05) is 28.1 Å². The Balaban J connectivity index is 1.62. The molecule has 0 radical (unpaired) electrons. The van der Waals surface area contributed by atoms with Gasteiger partial charge in [0.05, 0.1) is 0 Å². The van der Waals surface area contributed by atoms with Crippen LogP contribution in [-0.2, 0) is 6.42 Å². The molecule has 3 nitrogen and oxygen atoms in total. The zero-order chi connectivity index (χ0) is 11.9. The number of nitrogens with zero attached hydrogens (tertiary/aromatic N) is 1. The number of hydrogen-bond donors (Lipinski definition) is 2. The van der Waals surface area contributed by atoms with Crippen molar-refractivity contribution in [1.82, 2.24) is 15.5 Å². The van der Waals surface area contributed by atoms with Crippen molar-refractivity contribution in [2.24, 2.45) is 0 Å². The summed E-state index contributed by atoms with van der Waals surface area (Å²) in [5.41, 5.74) is 1.38. The monoisotopic (exact) mass is 297 g/mol. The molecule has 1 aromatic rings. The molecule has 1 aliphatic heterocycles. The largest absolute Gasteiger partial charge is 0.314 e. The van der Waals surface area contributed by atoms with Gasteiger partial charge in [-0.25, -0.2) is 0 Å². The molecule has 2 rings (SSSR count). The van der Waals surface area contributed by atoms with Crippen LogP contribution >= 0.6 is 15.9 Å². The Labute approximate surface area is 112 Å². The van der Waals surface area contributed by atoms with E-state index in [1.165, 1.54) is 5.56 Å². The van der Waals surface area contributed by atoms with Gasteiger partial charge in [0.15, 0.2) is 0 Å². The minimum Gasteiger partial charge on any atom is -0.314 e. The Morgan fingerprint density at radius 2 is 2.12 bits per heavy atom. The van der Waals surface area contributed by atoms with Crippen molar-refractivity contribution in [3.05, 3.63) is 34.3 Å². The standard InChI is InChI=1S/C13H20BrN3/c14-13-3-1-2-12(10-13)4-5-16-11-17-8-6-15-7-9-17/h1-3,10,15-16H,4-9,11H2. The van der Waals surface area contributed by atoms with E-state index < -0.39 is 0 Å². The molecule has 0 aromatic heterocycles. The summed E-state index contributed by atoms with van der Waals surface area (Å²) in [6, 6.07) is 8.52. The second kappa shape index (κ2) is 7.11. The van der Waals surface area contributed by atoms with E-state index in [1.54, 1.807) is 0 Å². The molecule has 17 heavy (non-hydrogen) atoms. The zero-order valence-electron chi connectivity index (χ0n) is 10.1. The third-order valence-corrected chi connectivity index (χ3v) is 3.52. The first-order valence-electron chi connectivity index (χ1n) is 6.23. The maximum absolute atomic E-state index is 3.51. The third kappa shape index (κ3) is 4.76. The van der Waals surface area contributed by atoms with E-state index in [4.69, 9.17) is 0 Å². The smallest absolute Gasteiger partial charge is 0.0481 e. The maximum atomic E-state index is 3.51. The maximum Gasteiger partial charge on any atom is 0.0481 e. The van der Waals surface area contributed by atoms with E-state index in [-0.39, 0.29) is 0 Å². The first-order valence-corrected chi connectivity index (χ1v) is 7.02. The lowest BCUT2D eigenvalue weighted by atomic mass is 10.1. The van der Waals surface area contributed by atoms with Crippen LogP contribution < -0.4 is 10.6 Å². The van der Waals surface area contributed by atoms with Gasteiger partial charge in [0, 0.05) is 43.9 Å². The second-order valence-corrected chi connectivity index (χ2v) is 5.32. The van der Waals surface area contributed by atoms with Gasteiger partial charge in [-0.3, -0.25) is 4.90 Å². The summed E-state index contributed by atoms with van der Waals surface area (Å²) in [5, 5.41) is 6.87. The molecule has 94 valence electrons. The molecular weight excluding hydrogens is 278 g/mol. The van der Waals surface area contributed by atoms with Crippen LogP contribution in [0.2, 0.25) is 0 Å². The molecule has 0 amide bonds. The summed E-state index contributed by atoms with van der Waals surface area (Å²) in [7, 11) is 0. The molecular formula is C13H20BrN3. The average Bonchev–Trinajstić information content (AvgIpc) is 2.36. The highest BCUT2D eigenvalue weighted by Gasteiger charge is 2.07. The summed E-state index contributed by atoms with van der Waals surface area (Å²) in [5.74, 6) is 0.